The largest absolute Gasteiger partial charge is 0.394 e. The zero-order valence-electron chi connectivity index (χ0n) is 21.7. The van der Waals surface area contributed by atoms with Gasteiger partial charge < -0.3 is 69.5 Å². The lowest BCUT2D eigenvalue weighted by Crippen LogP contribution is -2.70. The first kappa shape index (κ1) is 33.4. The van der Waals surface area contributed by atoms with Crippen molar-refractivity contribution in [2.75, 3.05) is 20.3 Å². The molecule has 19 heteroatoms. The summed E-state index contributed by atoms with van der Waals surface area (Å²) in [5, 5.41) is 71.6. The second kappa shape index (κ2) is 13.4. The molecule has 3 aliphatic heterocycles. The van der Waals surface area contributed by atoms with Gasteiger partial charge in [0.25, 0.3) is 10.1 Å². The summed E-state index contributed by atoms with van der Waals surface area (Å²) in [6.45, 7) is 0.779. The van der Waals surface area contributed by atoms with Crippen LogP contribution in [-0.4, -0.2) is 166 Å². The molecule has 3 fully saturated rings. The van der Waals surface area contributed by atoms with Crippen LogP contribution in [0.25, 0.3) is 0 Å². The van der Waals surface area contributed by atoms with E-state index in [1.165, 1.54) is 14.0 Å². The molecule has 3 heterocycles. The SMILES string of the molecule is CO[C@@H]1O[C@H](CO)[C@@H](O[C@@H]2O[C@H](C)[C@H](O)[C@H](O)[C@H]2O)[C@H](O[C@@H]2O[C@H](CO)[C@H](O)[C@H](S(=O)(=O)O)[C@H]2O)[C@H]1NC(C)=O. The van der Waals surface area contributed by atoms with E-state index < -0.39 is 120 Å². The molecule has 0 saturated carbocycles. The van der Waals surface area contributed by atoms with E-state index in [0.717, 1.165) is 6.92 Å². The first-order valence-corrected chi connectivity index (χ1v) is 13.8. The highest BCUT2D eigenvalue weighted by Gasteiger charge is 2.56. The predicted molar refractivity (Wildman–Crippen MR) is 126 cm³/mol. The summed E-state index contributed by atoms with van der Waals surface area (Å²) in [7, 11) is -3.94. The molecule has 1 amide bonds. The molecule has 15 atom stereocenters. The van der Waals surface area contributed by atoms with Crippen molar-refractivity contribution in [3.63, 3.8) is 0 Å². The Bertz CT molecular complexity index is 955. The average Bonchev–Trinajstić information content (AvgIpc) is 2.87. The number of hydrogen-bond acceptors (Lipinski definition) is 16. The number of ether oxygens (including phenoxy) is 6. The van der Waals surface area contributed by atoms with Crippen LogP contribution in [0.15, 0.2) is 0 Å². The third kappa shape index (κ3) is 6.90. The van der Waals surface area contributed by atoms with Crippen molar-refractivity contribution in [2.24, 2.45) is 0 Å². The molecule has 0 bridgehead atoms. The molecule has 0 aliphatic carbocycles. The van der Waals surface area contributed by atoms with Gasteiger partial charge in [-0.1, -0.05) is 0 Å². The molecular formula is C21H37NO17S. The molecule has 3 aliphatic rings. The Balaban J connectivity index is 2.02. The minimum Gasteiger partial charge on any atom is -0.394 e. The summed E-state index contributed by atoms with van der Waals surface area (Å²) in [6, 6.07) is -1.33. The minimum atomic E-state index is -5.13. The molecule has 0 radical (unpaired) electrons. The fourth-order valence-electron chi connectivity index (χ4n) is 4.92. The monoisotopic (exact) mass is 607 g/mol. The zero-order chi connectivity index (χ0) is 30.1. The Morgan fingerprint density at radius 1 is 0.800 bits per heavy atom. The number of amides is 1. The summed E-state index contributed by atoms with van der Waals surface area (Å²) >= 11 is 0. The van der Waals surface area contributed by atoms with Gasteiger partial charge in [-0.05, 0) is 6.92 Å². The van der Waals surface area contributed by atoms with Gasteiger partial charge in [-0.3, -0.25) is 9.35 Å². The number of nitrogens with one attached hydrogen (secondary N) is 1. The maximum Gasteiger partial charge on any atom is 0.273 e. The standard InChI is InChI=1S/C21H37NO17S/c1-6-11(26)13(28)14(29)20(35-6)38-16-9(5-24)37-19(34-3)10(22-7(2)25)17(16)39-21-15(30)18(40(31,32)33)12(27)8(4-23)36-21/h6,8-21,23-24,26-30H,4-5H2,1-3H3,(H,22,25)(H,31,32,33)/t6-,8-,9-,10-,11+,12+,13+,14-,15-,16-,17-,18+,19-,20+,21+/m1/s1. The van der Waals surface area contributed by atoms with E-state index in [4.69, 9.17) is 28.4 Å². The van der Waals surface area contributed by atoms with Crippen molar-refractivity contribution < 1.29 is 81.9 Å². The van der Waals surface area contributed by atoms with Crippen LogP contribution in [0.4, 0.5) is 0 Å². The highest BCUT2D eigenvalue weighted by atomic mass is 32.2. The predicted octanol–water partition coefficient (Wildman–Crippen LogP) is -5.85. The second-order valence-corrected chi connectivity index (χ2v) is 11.3. The number of aliphatic hydroxyl groups excluding tert-OH is 7. The van der Waals surface area contributed by atoms with Gasteiger partial charge in [0.2, 0.25) is 5.91 Å². The topological polar surface area (TPSA) is 280 Å². The molecule has 3 rings (SSSR count). The summed E-state index contributed by atoms with van der Waals surface area (Å²) in [4.78, 5) is 12.1. The van der Waals surface area contributed by atoms with Gasteiger partial charge in [0, 0.05) is 14.0 Å². The number of rotatable bonds is 9. The summed E-state index contributed by atoms with van der Waals surface area (Å²) in [5.41, 5.74) is 0. The van der Waals surface area contributed by atoms with Gasteiger partial charge in [0.1, 0.15) is 66.2 Å². The lowest BCUT2D eigenvalue weighted by molar-refractivity contribution is -0.366. The molecule has 9 N–H and O–H groups in total. The number of hydrogen-bond donors (Lipinski definition) is 9. The normalized spacial score (nSPS) is 46.6. The van der Waals surface area contributed by atoms with Crippen molar-refractivity contribution in [1.82, 2.24) is 5.32 Å². The van der Waals surface area contributed by atoms with Gasteiger partial charge in [-0.25, -0.2) is 0 Å². The van der Waals surface area contributed by atoms with Crippen LogP contribution < -0.4 is 5.32 Å². The Kier molecular flexibility index (Phi) is 11.2. The van der Waals surface area contributed by atoms with Crippen LogP contribution in [0.1, 0.15) is 13.8 Å². The quantitative estimate of drug-likeness (QED) is 0.110. The van der Waals surface area contributed by atoms with Crippen molar-refractivity contribution in [2.45, 2.75) is 105 Å². The Hall–Kier alpha value is -1.14. The molecule has 234 valence electrons. The molecule has 40 heavy (non-hydrogen) atoms. The van der Waals surface area contributed by atoms with Crippen LogP contribution in [0.5, 0.6) is 0 Å². The van der Waals surface area contributed by atoms with E-state index in [0.29, 0.717) is 0 Å². The molecule has 0 unspecified atom stereocenters. The number of aliphatic hydroxyl groups is 7. The van der Waals surface area contributed by atoms with Crippen molar-refractivity contribution in [1.29, 1.82) is 0 Å². The molecule has 0 aromatic heterocycles. The van der Waals surface area contributed by atoms with Gasteiger partial charge in [-0.2, -0.15) is 8.42 Å². The summed E-state index contributed by atoms with van der Waals surface area (Å²) in [6.07, 6.45) is -21.5. The number of carbonyl (C=O) groups excluding carboxylic acids is 1. The second-order valence-electron chi connectivity index (χ2n) is 9.76. The molecule has 0 aromatic rings. The minimum absolute atomic E-state index is 0.642. The van der Waals surface area contributed by atoms with Crippen molar-refractivity contribution in [3.05, 3.63) is 0 Å². The lowest BCUT2D eigenvalue weighted by Gasteiger charge is -2.50. The molecule has 18 nitrogen and oxygen atoms in total. The van der Waals surface area contributed by atoms with E-state index in [-0.39, 0.29) is 0 Å². The Labute approximate surface area is 229 Å². The van der Waals surface area contributed by atoms with E-state index in [1.807, 2.05) is 0 Å². The number of methoxy groups -OCH3 is 1. The maximum atomic E-state index is 12.1. The third-order valence-electron chi connectivity index (χ3n) is 6.99. The molecule has 0 aromatic carbocycles. The Morgan fingerprint density at radius 3 is 1.88 bits per heavy atom. The molecule has 0 spiro atoms. The highest BCUT2D eigenvalue weighted by Crippen LogP contribution is 2.34. The highest BCUT2D eigenvalue weighted by molar-refractivity contribution is 7.86. The van der Waals surface area contributed by atoms with Gasteiger partial charge >= 0.3 is 0 Å². The van der Waals surface area contributed by atoms with Crippen molar-refractivity contribution >= 4 is 16.0 Å². The molecular weight excluding hydrogens is 570 g/mol. The average molecular weight is 608 g/mol. The zero-order valence-corrected chi connectivity index (χ0v) is 22.6. The van der Waals surface area contributed by atoms with Crippen LogP contribution in [0, 0.1) is 0 Å². The summed E-state index contributed by atoms with van der Waals surface area (Å²) in [5.74, 6) is -0.642. The third-order valence-corrected chi connectivity index (χ3v) is 8.23. The number of carbonyl (C=O) groups is 1. The van der Waals surface area contributed by atoms with E-state index in [2.05, 4.69) is 5.32 Å². The van der Waals surface area contributed by atoms with E-state index >= 15 is 0 Å². The first-order valence-electron chi connectivity index (χ1n) is 12.3. The fourth-order valence-corrected chi connectivity index (χ4v) is 5.93. The smallest absolute Gasteiger partial charge is 0.273 e. The van der Waals surface area contributed by atoms with Crippen LogP contribution in [-0.2, 0) is 43.3 Å². The maximum absolute atomic E-state index is 12.1. The van der Waals surface area contributed by atoms with Crippen LogP contribution >= 0.6 is 0 Å². The van der Waals surface area contributed by atoms with Gasteiger partial charge in [0.15, 0.2) is 18.9 Å². The van der Waals surface area contributed by atoms with Crippen molar-refractivity contribution in [3.8, 4) is 0 Å². The summed E-state index contributed by atoms with van der Waals surface area (Å²) < 4.78 is 67.1. The Morgan fingerprint density at radius 2 is 1.35 bits per heavy atom. The van der Waals surface area contributed by atoms with Crippen LogP contribution in [0.2, 0.25) is 0 Å². The lowest BCUT2D eigenvalue weighted by atomic mass is 9.94. The molecule has 3 saturated heterocycles. The van der Waals surface area contributed by atoms with Gasteiger partial charge in [0.05, 0.1) is 19.3 Å². The first-order chi connectivity index (χ1) is 18.7. The van der Waals surface area contributed by atoms with E-state index in [9.17, 15) is 53.5 Å². The van der Waals surface area contributed by atoms with E-state index in [1.54, 1.807) is 0 Å². The fraction of sp³-hybridized carbons (Fsp3) is 0.952. The van der Waals surface area contributed by atoms with Crippen LogP contribution in [0.3, 0.4) is 0 Å². The van der Waals surface area contributed by atoms with Gasteiger partial charge in [-0.15, -0.1) is 0 Å².